The van der Waals surface area contributed by atoms with Gasteiger partial charge in [-0.2, -0.15) is 0 Å². The van der Waals surface area contributed by atoms with Crippen molar-refractivity contribution in [3.05, 3.63) is 35.9 Å². The number of morpholine rings is 1. The van der Waals surface area contributed by atoms with Crippen LogP contribution in [0.15, 0.2) is 30.3 Å². The fraction of sp³-hybridized carbons (Fsp3) is 0.571. The monoisotopic (exact) mass is 234 g/mol. The fourth-order valence-electron chi connectivity index (χ4n) is 2.60. The molecule has 3 heteroatoms. The van der Waals surface area contributed by atoms with Crippen molar-refractivity contribution in [2.45, 2.75) is 32.0 Å². The van der Waals surface area contributed by atoms with Crippen LogP contribution in [0, 0.1) is 0 Å². The predicted octanol–water partition coefficient (Wildman–Crippen LogP) is 1.80. The van der Waals surface area contributed by atoms with Crippen LogP contribution in [0.25, 0.3) is 0 Å². The Kier molecular flexibility index (Phi) is 4.15. The summed E-state index contributed by atoms with van der Waals surface area (Å²) in [6, 6.07) is 11.4. The van der Waals surface area contributed by atoms with Gasteiger partial charge in [0, 0.05) is 18.6 Å². The van der Waals surface area contributed by atoms with Crippen LogP contribution in [0.4, 0.5) is 0 Å². The zero-order valence-electron chi connectivity index (χ0n) is 10.7. The second-order valence-corrected chi connectivity index (χ2v) is 4.88. The molecule has 94 valence electrons. The Bertz CT molecular complexity index is 339. The third-order valence-corrected chi connectivity index (χ3v) is 3.42. The maximum atomic E-state index is 6.18. The van der Waals surface area contributed by atoms with E-state index in [1.807, 2.05) is 6.07 Å². The molecule has 0 saturated carbocycles. The van der Waals surface area contributed by atoms with Crippen LogP contribution >= 0.6 is 0 Å². The molecule has 3 unspecified atom stereocenters. The number of nitrogens with zero attached hydrogens (tertiary/aromatic N) is 1. The van der Waals surface area contributed by atoms with Crippen molar-refractivity contribution < 1.29 is 4.74 Å². The van der Waals surface area contributed by atoms with Gasteiger partial charge in [0.05, 0.1) is 19.3 Å². The minimum atomic E-state index is 0.123. The summed E-state index contributed by atoms with van der Waals surface area (Å²) in [5.74, 6) is 0. The minimum Gasteiger partial charge on any atom is -0.379 e. The van der Waals surface area contributed by atoms with E-state index in [0.717, 1.165) is 19.8 Å². The molecule has 3 nitrogen and oxygen atoms in total. The topological polar surface area (TPSA) is 38.5 Å². The van der Waals surface area contributed by atoms with Crippen LogP contribution in [0.1, 0.15) is 25.5 Å². The Balaban J connectivity index is 2.22. The van der Waals surface area contributed by atoms with Crippen molar-refractivity contribution in [1.29, 1.82) is 0 Å². The van der Waals surface area contributed by atoms with Gasteiger partial charge in [-0.05, 0) is 19.4 Å². The first-order chi connectivity index (χ1) is 8.20. The lowest BCUT2D eigenvalue weighted by Gasteiger charge is -2.41. The second kappa shape index (κ2) is 5.63. The minimum absolute atomic E-state index is 0.123. The standard InChI is InChI=1S/C14H22N2O/c1-11-10-17-9-8-16(11)14(12(2)15)13-6-4-3-5-7-13/h3-7,11-12,14H,8-10,15H2,1-2H3. The first-order valence-corrected chi connectivity index (χ1v) is 6.34. The van der Waals surface area contributed by atoms with Crippen molar-refractivity contribution in [1.82, 2.24) is 4.90 Å². The average molecular weight is 234 g/mol. The van der Waals surface area contributed by atoms with Crippen molar-refractivity contribution in [2.24, 2.45) is 5.73 Å². The summed E-state index contributed by atoms with van der Waals surface area (Å²) in [6.07, 6.45) is 0. The van der Waals surface area contributed by atoms with E-state index < -0.39 is 0 Å². The van der Waals surface area contributed by atoms with Gasteiger partial charge >= 0.3 is 0 Å². The molecule has 1 saturated heterocycles. The summed E-state index contributed by atoms with van der Waals surface area (Å²) >= 11 is 0. The van der Waals surface area contributed by atoms with E-state index in [2.05, 4.69) is 43.0 Å². The van der Waals surface area contributed by atoms with Crippen molar-refractivity contribution in [3.63, 3.8) is 0 Å². The van der Waals surface area contributed by atoms with E-state index in [-0.39, 0.29) is 12.1 Å². The molecule has 1 aliphatic heterocycles. The lowest BCUT2D eigenvalue weighted by atomic mass is 9.97. The zero-order valence-corrected chi connectivity index (χ0v) is 10.7. The highest BCUT2D eigenvalue weighted by molar-refractivity contribution is 5.21. The molecular weight excluding hydrogens is 212 g/mol. The molecule has 3 atom stereocenters. The first-order valence-electron chi connectivity index (χ1n) is 6.34. The number of rotatable bonds is 3. The van der Waals surface area contributed by atoms with Gasteiger partial charge < -0.3 is 10.5 Å². The van der Waals surface area contributed by atoms with Crippen LogP contribution in [0.3, 0.4) is 0 Å². The number of hydrogen-bond acceptors (Lipinski definition) is 3. The molecule has 1 heterocycles. The summed E-state index contributed by atoms with van der Waals surface area (Å²) < 4.78 is 5.50. The Hall–Kier alpha value is -0.900. The Morgan fingerprint density at radius 2 is 2.06 bits per heavy atom. The largest absolute Gasteiger partial charge is 0.379 e. The summed E-state index contributed by atoms with van der Waals surface area (Å²) in [5, 5.41) is 0. The summed E-state index contributed by atoms with van der Waals surface area (Å²) in [7, 11) is 0. The molecule has 0 radical (unpaired) electrons. The van der Waals surface area contributed by atoms with Crippen LogP contribution in [0.5, 0.6) is 0 Å². The lowest BCUT2D eigenvalue weighted by Crippen LogP contribution is -2.50. The van der Waals surface area contributed by atoms with E-state index >= 15 is 0 Å². The van der Waals surface area contributed by atoms with E-state index in [4.69, 9.17) is 10.5 Å². The van der Waals surface area contributed by atoms with Crippen LogP contribution in [-0.2, 0) is 4.74 Å². The van der Waals surface area contributed by atoms with Gasteiger partial charge in [-0.15, -0.1) is 0 Å². The third-order valence-electron chi connectivity index (χ3n) is 3.42. The molecule has 1 aromatic rings. The zero-order chi connectivity index (χ0) is 12.3. The lowest BCUT2D eigenvalue weighted by molar-refractivity contribution is -0.0268. The molecule has 0 amide bonds. The Labute approximate surface area is 104 Å². The van der Waals surface area contributed by atoms with Gasteiger partial charge in [0.25, 0.3) is 0 Å². The van der Waals surface area contributed by atoms with Crippen molar-refractivity contribution in [3.8, 4) is 0 Å². The Morgan fingerprint density at radius 3 is 2.65 bits per heavy atom. The van der Waals surface area contributed by atoms with Gasteiger partial charge in [0.15, 0.2) is 0 Å². The molecule has 2 N–H and O–H groups in total. The first kappa shape index (κ1) is 12.6. The van der Waals surface area contributed by atoms with Gasteiger partial charge in [0.2, 0.25) is 0 Å². The predicted molar refractivity (Wildman–Crippen MR) is 69.8 cm³/mol. The highest BCUT2D eigenvalue weighted by Crippen LogP contribution is 2.26. The molecule has 0 aromatic heterocycles. The van der Waals surface area contributed by atoms with Crippen LogP contribution in [0.2, 0.25) is 0 Å². The van der Waals surface area contributed by atoms with Gasteiger partial charge in [-0.1, -0.05) is 30.3 Å². The normalized spacial score (nSPS) is 25.5. The maximum Gasteiger partial charge on any atom is 0.0620 e. The molecular formula is C14H22N2O. The molecule has 1 aliphatic rings. The van der Waals surface area contributed by atoms with Crippen LogP contribution in [-0.4, -0.2) is 36.7 Å². The van der Waals surface area contributed by atoms with Gasteiger partial charge in [-0.3, -0.25) is 4.90 Å². The van der Waals surface area contributed by atoms with E-state index in [1.165, 1.54) is 5.56 Å². The van der Waals surface area contributed by atoms with E-state index in [9.17, 15) is 0 Å². The number of ether oxygens (including phenoxy) is 1. The van der Waals surface area contributed by atoms with Crippen LogP contribution < -0.4 is 5.73 Å². The molecule has 0 aliphatic carbocycles. The summed E-state index contributed by atoms with van der Waals surface area (Å²) in [6.45, 7) is 6.86. The maximum absolute atomic E-state index is 6.18. The molecule has 1 fully saturated rings. The molecule has 2 rings (SSSR count). The van der Waals surface area contributed by atoms with Crippen molar-refractivity contribution >= 4 is 0 Å². The van der Waals surface area contributed by atoms with Gasteiger partial charge in [0.1, 0.15) is 0 Å². The molecule has 0 spiro atoms. The van der Waals surface area contributed by atoms with Crippen molar-refractivity contribution in [2.75, 3.05) is 19.8 Å². The van der Waals surface area contributed by atoms with E-state index in [0.29, 0.717) is 6.04 Å². The number of hydrogen-bond donors (Lipinski definition) is 1. The quantitative estimate of drug-likeness (QED) is 0.866. The smallest absolute Gasteiger partial charge is 0.0620 e. The highest BCUT2D eigenvalue weighted by atomic mass is 16.5. The molecule has 1 aromatic carbocycles. The average Bonchev–Trinajstić information content (AvgIpc) is 2.33. The highest BCUT2D eigenvalue weighted by Gasteiger charge is 2.29. The third kappa shape index (κ3) is 2.86. The number of nitrogens with two attached hydrogens (primary N) is 1. The summed E-state index contributed by atoms with van der Waals surface area (Å²) in [4.78, 5) is 2.46. The molecule has 0 bridgehead atoms. The molecule has 17 heavy (non-hydrogen) atoms. The second-order valence-electron chi connectivity index (χ2n) is 4.88. The van der Waals surface area contributed by atoms with Gasteiger partial charge in [-0.25, -0.2) is 0 Å². The summed E-state index contributed by atoms with van der Waals surface area (Å²) in [5.41, 5.74) is 7.48. The van der Waals surface area contributed by atoms with E-state index in [1.54, 1.807) is 0 Å². The fourth-order valence-corrected chi connectivity index (χ4v) is 2.60. The Morgan fingerprint density at radius 1 is 1.35 bits per heavy atom. The number of benzene rings is 1. The SMILES string of the molecule is CC(N)C(c1ccccc1)N1CCOCC1C.